The molecule has 0 aliphatic carbocycles. The molecule has 0 aromatic heterocycles. The van der Waals surface area contributed by atoms with Crippen LogP contribution in [0.25, 0.3) is 0 Å². The van der Waals surface area contributed by atoms with E-state index in [0.717, 1.165) is 11.1 Å². The van der Waals surface area contributed by atoms with Gasteiger partial charge in [0.2, 0.25) is 10.0 Å². The summed E-state index contributed by atoms with van der Waals surface area (Å²) >= 11 is 0. The van der Waals surface area contributed by atoms with Crippen LogP contribution in [0.15, 0.2) is 23.1 Å². The van der Waals surface area contributed by atoms with E-state index in [9.17, 15) is 8.42 Å². The van der Waals surface area contributed by atoms with Crippen molar-refractivity contribution in [3.63, 3.8) is 0 Å². The Balaban J connectivity index is 3.19. The van der Waals surface area contributed by atoms with E-state index >= 15 is 0 Å². The van der Waals surface area contributed by atoms with Gasteiger partial charge in [-0.2, -0.15) is 0 Å². The first kappa shape index (κ1) is 15.1. The van der Waals surface area contributed by atoms with Crippen LogP contribution in [0.1, 0.15) is 31.9 Å². The van der Waals surface area contributed by atoms with Crippen LogP contribution in [0, 0.1) is 6.92 Å². The summed E-state index contributed by atoms with van der Waals surface area (Å²) in [5.41, 5.74) is 1.23. The van der Waals surface area contributed by atoms with Gasteiger partial charge in [0, 0.05) is 12.1 Å². The zero-order valence-electron chi connectivity index (χ0n) is 11.7. The fourth-order valence-electron chi connectivity index (χ4n) is 1.71. The van der Waals surface area contributed by atoms with Gasteiger partial charge in [-0.25, -0.2) is 13.1 Å². The molecule has 0 radical (unpaired) electrons. The van der Waals surface area contributed by atoms with Crippen LogP contribution >= 0.6 is 0 Å². The van der Waals surface area contributed by atoms with Gasteiger partial charge in [-0.1, -0.05) is 12.1 Å². The van der Waals surface area contributed by atoms with Gasteiger partial charge in [-0.15, -0.1) is 0 Å². The lowest BCUT2D eigenvalue weighted by Gasteiger charge is -2.21. The van der Waals surface area contributed by atoms with Crippen molar-refractivity contribution in [1.29, 1.82) is 0 Å². The van der Waals surface area contributed by atoms with E-state index in [0.29, 0.717) is 11.4 Å². The van der Waals surface area contributed by atoms with Crippen LogP contribution in [0.2, 0.25) is 0 Å². The summed E-state index contributed by atoms with van der Waals surface area (Å²) in [7, 11) is -1.63. The number of aryl methyl sites for hydroxylation is 1. The van der Waals surface area contributed by atoms with E-state index in [1.165, 1.54) is 0 Å². The minimum Gasteiger partial charge on any atom is -0.316 e. The highest BCUT2D eigenvalue weighted by Gasteiger charge is 2.23. The van der Waals surface area contributed by atoms with Crippen molar-refractivity contribution >= 4 is 10.0 Å². The molecule has 2 N–H and O–H groups in total. The summed E-state index contributed by atoms with van der Waals surface area (Å²) < 4.78 is 27.3. The van der Waals surface area contributed by atoms with Crippen molar-refractivity contribution in [1.82, 2.24) is 10.0 Å². The van der Waals surface area contributed by atoms with Crippen molar-refractivity contribution in [2.45, 2.75) is 44.7 Å². The van der Waals surface area contributed by atoms with Crippen LogP contribution in [0.5, 0.6) is 0 Å². The van der Waals surface area contributed by atoms with Crippen LogP contribution in [-0.4, -0.2) is 21.0 Å². The molecule has 102 valence electrons. The van der Waals surface area contributed by atoms with Gasteiger partial charge in [-0.3, -0.25) is 0 Å². The van der Waals surface area contributed by atoms with Crippen LogP contribution in [-0.2, 0) is 16.6 Å². The molecule has 1 rings (SSSR count). The molecule has 4 nitrogen and oxygen atoms in total. The SMILES string of the molecule is CNCc1ccc(C)c(S(=O)(=O)NC(C)(C)C)c1. The van der Waals surface area contributed by atoms with E-state index in [-0.39, 0.29) is 0 Å². The Hall–Kier alpha value is -0.910. The molecule has 1 aromatic rings. The monoisotopic (exact) mass is 270 g/mol. The fraction of sp³-hybridized carbons (Fsp3) is 0.538. The Kier molecular flexibility index (Phi) is 4.53. The van der Waals surface area contributed by atoms with Crippen LogP contribution in [0.4, 0.5) is 0 Å². The lowest BCUT2D eigenvalue weighted by Crippen LogP contribution is -2.40. The van der Waals surface area contributed by atoms with Crippen molar-refractivity contribution in [2.75, 3.05) is 7.05 Å². The molecule has 0 heterocycles. The molecule has 5 heteroatoms. The minimum atomic E-state index is -3.47. The predicted molar refractivity (Wildman–Crippen MR) is 74.0 cm³/mol. The summed E-state index contributed by atoms with van der Waals surface area (Å²) in [6.07, 6.45) is 0. The summed E-state index contributed by atoms with van der Waals surface area (Å²) in [4.78, 5) is 0.352. The van der Waals surface area contributed by atoms with Gasteiger partial charge < -0.3 is 5.32 Å². The number of benzene rings is 1. The van der Waals surface area contributed by atoms with Crippen LogP contribution in [0.3, 0.4) is 0 Å². The average molecular weight is 270 g/mol. The van der Waals surface area contributed by atoms with Crippen molar-refractivity contribution < 1.29 is 8.42 Å². The van der Waals surface area contributed by atoms with E-state index < -0.39 is 15.6 Å². The third-order valence-corrected chi connectivity index (χ3v) is 4.26. The minimum absolute atomic E-state index is 0.352. The molecule has 18 heavy (non-hydrogen) atoms. The van der Waals surface area contributed by atoms with Crippen molar-refractivity contribution in [3.8, 4) is 0 Å². The molecular weight excluding hydrogens is 248 g/mol. The molecular formula is C13H22N2O2S. The molecule has 0 saturated carbocycles. The first-order valence-electron chi connectivity index (χ1n) is 5.94. The molecule has 0 spiro atoms. The average Bonchev–Trinajstić information content (AvgIpc) is 2.17. The standard InChI is InChI=1S/C13H22N2O2S/c1-10-6-7-11(9-14-5)8-12(10)18(16,17)15-13(2,3)4/h6-8,14-15H,9H2,1-5H3. The topological polar surface area (TPSA) is 58.2 Å². The third kappa shape index (κ3) is 4.08. The number of rotatable bonds is 4. The molecule has 1 aromatic carbocycles. The summed E-state index contributed by atoms with van der Waals surface area (Å²) in [6.45, 7) is 7.95. The first-order chi connectivity index (χ1) is 8.15. The molecule has 0 unspecified atom stereocenters. The fourth-order valence-corrected chi connectivity index (χ4v) is 3.42. The molecule has 0 bridgehead atoms. The van der Waals surface area contributed by atoms with E-state index in [1.54, 1.807) is 13.0 Å². The highest BCUT2D eigenvalue weighted by Crippen LogP contribution is 2.19. The quantitative estimate of drug-likeness (QED) is 0.877. The molecule has 0 aliphatic heterocycles. The first-order valence-corrected chi connectivity index (χ1v) is 7.42. The summed E-state index contributed by atoms with van der Waals surface area (Å²) in [6, 6.07) is 5.49. The lowest BCUT2D eigenvalue weighted by atomic mass is 10.1. The maximum atomic E-state index is 12.3. The number of hydrogen-bond donors (Lipinski definition) is 2. The van der Waals surface area contributed by atoms with Gasteiger partial charge in [0.15, 0.2) is 0 Å². The largest absolute Gasteiger partial charge is 0.316 e. The Morgan fingerprint density at radius 2 is 1.83 bits per heavy atom. The highest BCUT2D eigenvalue weighted by atomic mass is 32.2. The second-order valence-electron chi connectivity index (χ2n) is 5.49. The Bertz CT molecular complexity index is 516. The van der Waals surface area contributed by atoms with Gasteiger partial charge in [0.25, 0.3) is 0 Å². The van der Waals surface area contributed by atoms with E-state index in [2.05, 4.69) is 10.0 Å². The zero-order chi connectivity index (χ0) is 14.0. The maximum Gasteiger partial charge on any atom is 0.241 e. The zero-order valence-corrected chi connectivity index (χ0v) is 12.5. The molecule has 0 atom stereocenters. The molecule has 0 fully saturated rings. The lowest BCUT2D eigenvalue weighted by molar-refractivity contribution is 0.491. The molecule has 0 aliphatic rings. The second-order valence-corrected chi connectivity index (χ2v) is 7.14. The Morgan fingerprint density at radius 3 is 2.33 bits per heavy atom. The van der Waals surface area contributed by atoms with Gasteiger partial charge in [0.05, 0.1) is 4.90 Å². The maximum absolute atomic E-state index is 12.3. The van der Waals surface area contributed by atoms with Crippen molar-refractivity contribution in [2.24, 2.45) is 0 Å². The van der Waals surface area contributed by atoms with E-state index in [1.807, 2.05) is 40.0 Å². The molecule has 0 saturated heterocycles. The Morgan fingerprint density at radius 1 is 1.22 bits per heavy atom. The highest BCUT2D eigenvalue weighted by molar-refractivity contribution is 7.89. The predicted octanol–water partition coefficient (Wildman–Crippen LogP) is 1.79. The number of nitrogens with one attached hydrogen (secondary N) is 2. The van der Waals surface area contributed by atoms with Gasteiger partial charge in [-0.05, 0) is 51.9 Å². The molecule has 0 amide bonds. The normalized spacial score (nSPS) is 12.7. The smallest absolute Gasteiger partial charge is 0.241 e. The number of sulfonamides is 1. The third-order valence-electron chi connectivity index (χ3n) is 2.36. The summed E-state index contributed by atoms with van der Waals surface area (Å²) in [5, 5.41) is 3.02. The number of hydrogen-bond acceptors (Lipinski definition) is 3. The van der Waals surface area contributed by atoms with Crippen LogP contribution < -0.4 is 10.0 Å². The van der Waals surface area contributed by atoms with Gasteiger partial charge >= 0.3 is 0 Å². The summed E-state index contributed by atoms with van der Waals surface area (Å²) in [5.74, 6) is 0. The van der Waals surface area contributed by atoms with Crippen molar-refractivity contribution in [3.05, 3.63) is 29.3 Å². The van der Waals surface area contributed by atoms with E-state index in [4.69, 9.17) is 0 Å². The second kappa shape index (κ2) is 5.38. The van der Waals surface area contributed by atoms with Gasteiger partial charge in [0.1, 0.15) is 0 Å². The Labute approximate surface area is 110 Å².